The Hall–Kier alpha value is -2.70. The van der Waals surface area contributed by atoms with Crippen molar-refractivity contribution in [1.82, 2.24) is 9.97 Å². The Bertz CT molecular complexity index is 1130. The summed E-state index contributed by atoms with van der Waals surface area (Å²) in [7, 11) is 0. The number of carbonyl (C=O) groups is 1. The molecular formula is C23H20N2O2S2. The number of rotatable bonds is 7. The Kier molecular flexibility index (Phi) is 6.22. The summed E-state index contributed by atoms with van der Waals surface area (Å²) in [6.45, 7) is 2.43. The number of hydrogen-bond donors (Lipinski definition) is 0. The van der Waals surface area contributed by atoms with Crippen molar-refractivity contribution in [3.8, 4) is 10.4 Å². The molecule has 4 rings (SSSR count). The van der Waals surface area contributed by atoms with Gasteiger partial charge in [-0.15, -0.1) is 23.1 Å². The molecule has 0 atom stereocenters. The van der Waals surface area contributed by atoms with E-state index < -0.39 is 0 Å². The normalized spacial score (nSPS) is 10.9. The first-order valence-electron chi connectivity index (χ1n) is 9.43. The van der Waals surface area contributed by atoms with Crippen LogP contribution in [0.5, 0.6) is 0 Å². The predicted octanol–water partition coefficient (Wildman–Crippen LogP) is 6.22. The van der Waals surface area contributed by atoms with Crippen LogP contribution in [0.2, 0.25) is 0 Å². The van der Waals surface area contributed by atoms with Crippen LogP contribution in [0.1, 0.15) is 29.3 Å². The summed E-state index contributed by atoms with van der Waals surface area (Å²) in [4.78, 5) is 23.2. The second-order valence-corrected chi connectivity index (χ2v) is 8.49. The summed E-state index contributed by atoms with van der Waals surface area (Å²) in [6, 6.07) is 20.1. The van der Waals surface area contributed by atoms with Gasteiger partial charge in [0.05, 0.1) is 12.2 Å². The van der Waals surface area contributed by atoms with Crippen molar-refractivity contribution in [2.75, 3.05) is 6.61 Å². The monoisotopic (exact) mass is 420 g/mol. The molecule has 2 aromatic carbocycles. The van der Waals surface area contributed by atoms with Crippen molar-refractivity contribution in [1.29, 1.82) is 0 Å². The third-order valence-electron chi connectivity index (χ3n) is 4.33. The Morgan fingerprint density at radius 2 is 1.93 bits per heavy atom. The zero-order chi connectivity index (χ0) is 20.1. The molecule has 0 aliphatic carbocycles. The zero-order valence-corrected chi connectivity index (χ0v) is 17.6. The molecule has 0 aliphatic heterocycles. The lowest BCUT2D eigenvalue weighted by Crippen LogP contribution is -2.06. The Morgan fingerprint density at radius 3 is 2.76 bits per heavy atom. The minimum absolute atomic E-state index is 0.270. The fourth-order valence-electron chi connectivity index (χ4n) is 2.91. The van der Waals surface area contributed by atoms with Crippen LogP contribution in [0, 0.1) is 0 Å². The molecule has 6 heteroatoms. The summed E-state index contributed by atoms with van der Waals surface area (Å²) in [6.07, 6.45) is 2.44. The van der Waals surface area contributed by atoms with Crippen LogP contribution < -0.4 is 0 Å². The van der Waals surface area contributed by atoms with Gasteiger partial charge in [0, 0.05) is 16.0 Å². The summed E-state index contributed by atoms with van der Waals surface area (Å²) in [5, 5.41) is 2.02. The third kappa shape index (κ3) is 4.66. The lowest BCUT2D eigenvalue weighted by atomic mass is 10.1. The second-order valence-electron chi connectivity index (χ2n) is 6.50. The van der Waals surface area contributed by atoms with Gasteiger partial charge in [0.15, 0.2) is 0 Å². The molecule has 0 aliphatic rings. The fraction of sp³-hybridized carbons (Fsp3) is 0.174. The van der Waals surface area contributed by atoms with E-state index in [1.54, 1.807) is 35.5 Å². The standard InChI is InChI=1S/C23H20N2O2S2/c1-2-11-27-23(26)18-10-6-7-16(12-18)14-28-21-19-13-20(17-8-4-3-5-9-17)29-22(19)25-15-24-21/h3-10,12-13,15H,2,11,14H2,1H3. The largest absolute Gasteiger partial charge is 0.462 e. The van der Waals surface area contributed by atoms with Gasteiger partial charge in [-0.1, -0.05) is 49.4 Å². The van der Waals surface area contributed by atoms with E-state index in [4.69, 9.17) is 4.74 Å². The van der Waals surface area contributed by atoms with Gasteiger partial charge in [0.1, 0.15) is 16.2 Å². The molecule has 4 nitrogen and oxygen atoms in total. The molecule has 0 saturated carbocycles. The number of ether oxygens (including phenoxy) is 1. The number of hydrogen-bond acceptors (Lipinski definition) is 6. The SMILES string of the molecule is CCCOC(=O)c1cccc(CSc2ncnc3sc(-c4ccccc4)cc23)c1. The first-order chi connectivity index (χ1) is 14.2. The average molecular weight is 421 g/mol. The number of nitrogens with zero attached hydrogens (tertiary/aromatic N) is 2. The molecule has 29 heavy (non-hydrogen) atoms. The molecule has 0 amide bonds. The van der Waals surface area contributed by atoms with E-state index in [1.165, 1.54) is 10.4 Å². The zero-order valence-electron chi connectivity index (χ0n) is 16.0. The number of thiophene rings is 1. The highest BCUT2D eigenvalue weighted by Crippen LogP contribution is 2.36. The number of esters is 1. The molecule has 146 valence electrons. The molecular weight excluding hydrogens is 400 g/mol. The van der Waals surface area contributed by atoms with Gasteiger partial charge in [0.25, 0.3) is 0 Å². The van der Waals surface area contributed by atoms with Crippen molar-refractivity contribution in [3.05, 3.63) is 78.1 Å². The number of aromatic nitrogens is 2. The maximum Gasteiger partial charge on any atom is 0.338 e. The molecule has 0 fully saturated rings. The second kappa shape index (κ2) is 9.20. The molecule has 2 heterocycles. The molecule has 0 unspecified atom stereocenters. The fourth-order valence-corrected chi connectivity index (χ4v) is 4.90. The van der Waals surface area contributed by atoms with E-state index in [9.17, 15) is 4.79 Å². The van der Waals surface area contributed by atoms with Crippen LogP contribution in [0.25, 0.3) is 20.7 Å². The van der Waals surface area contributed by atoms with Gasteiger partial charge in [-0.25, -0.2) is 14.8 Å². The predicted molar refractivity (Wildman–Crippen MR) is 119 cm³/mol. The van der Waals surface area contributed by atoms with Gasteiger partial charge < -0.3 is 4.74 Å². The van der Waals surface area contributed by atoms with Gasteiger partial charge in [-0.05, 0) is 35.7 Å². The van der Waals surface area contributed by atoms with Crippen LogP contribution in [-0.2, 0) is 10.5 Å². The van der Waals surface area contributed by atoms with E-state index in [2.05, 4.69) is 28.2 Å². The lowest BCUT2D eigenvalue weighted by molar-refractivity contribution is 0.0505. The van der Waals surface area contributed by atoms with Crippen molar-refractivity contribution >= 4 is 39.3 Å². The minimum Gasteiger partial charge on any atom is -0.462 e. The van der Waals surface area contributed by atoms with E-state index in [-0.39, 0.29) is 5.97 Å². The Morgan fingerprint density at radius 1 is 1.07 bits per heavy atom. The molecule has 2 aromatic heterocycles. The molecule has 0 spiro atoms. The Balaban J connectivity index is 1.53. The highest BCUT2D eigenvalue weighted by Gasteiger charge is 2.12. The van der Waals surface area contributed by atoms with Gasteiger partial charge in [-0.2, -0.15) is 0 Å². The highest BCUT2D eigenvalue weighted by molar-refractivity contribution is 7.98. The summed E-state index contributed by atoms with van der Waals surface area (Å²) < 4.78 is 5.23. The number of thioether (sulfide) groups is 1. The average Bonchev–Trinajstić information content (AvgIpc) is 3.22. The van der Waals surface area contributed by atoms with E-state index in [0.717, 1.165) is 33.0 Å². The van der Waals surface area contributed by atoms with Crippen LogP contribution in [0.15, 0.2) is 72.0 Å². The van der Waals surface area contributed by atoms with Crippen molar-refractivity contribution in [3.63, 3.8) is 0 Å². The van der Waals surface area contributed by atoms with E-state index in [1.807, 2.05) is 43.3 Å². The summed E-state index contributed by atoms with van der Waals surface area (Å²) >= 11 is 3.33. The highest BCUT2D eigenvalue weighted by atomic mass is 32.2. The first-order valence-corrected chi connectivity index (χ1v) is 11.2. The summed E-state index contributed by atoms with van der Waals surface area (Å²) in [5.74, 6) is 0.450. The van der Waals surface area contributed by atoms with Crippen LogP contribution in [0.3, 0.4) is 0 Å². The number of benzene rings is 2. The molecule has 0 bridgehead atoms. The molecule has 0 radical (unpaired) electrons. The van der Waals surface area contributed by atoms with Crippen LogP contribution in [0.4, 0.5) is 0 Å². The van der Waals surface area contributed by atoms with Crippen LogP contribution in [-0.4, -0.2) is 22.5 Å². The van der Waals surface area contributed by atoms with Gasteiger partial charge in [-0.3, -0.25) is 0 Å². The van der Waals surface area contributed by atoms with Crippen LogP contribution >= 0.6 is 23.1 Å². The first kappa shape index (κ1) is 19.6. The third-order valence-corrected chi connectivity index (χ3v) is 6.50. The maximum absolute atomic E-state index is 12.1. The van der Waals surface area contributed by atoms with Crippen molar-refractivity contribution < 1.29 is 9.53 Å². The minimum atomic E-state index is -0.270. The molecule has 4 aromatic rings. The molecule has 0 saturated heterocycles. The van der Waals surface area contributed by atoms with Gasteiger partial charge >= 0.3 is 5.97 Å². The van der Waals surface area contributed by atoms with Gasteiger partial charge in [0.2, 0.25) is 0 Å². The molecule has 0 N–H and O–H groups in total. The van der Waals surface area contributed by atoms with Crippen molar-refractivity contribution in [2.45, 2.75) is 24.1 Å². The number of carbonyl (C=O) groups excluding carboxylic acids is 1. The Labute approximate surface area is 178 Å². The summed E-state index contributed by atoms with van der Waals surface area (Å²) in [5.41, 5.74) is 2.84. The van der Waals surface area contributed by atoms with E-state index in [0.29, 0.717) is 12.2 Å². The quantitative estimate of drug-likeness (QED) is 0.202. The van der Waals surface area contributed by atoms with E-state index >= 15 is 0 Å². The topological polar surface area (TPSA) is 52.1 Å². The van der Waals surface area contributed by atoms with Crippen molar-refractivity contribution in [2.24, 2.45) is 0 Å². The lowest BCUT2D eigenvalue weighted by Gasteiger charge is -2.06. The maximum atomic E-state index is 12.1. The number of fused-ring (bicyclic) bond motifs is 1. The smallest absolute Gasteiger partial charge is 0.338 e.